The van der Waals surface area contributed by atoms with E-state index in [-0.39, 0.29) is 11.6 Å². The van der Waals surface area contributed by atoms with Crippen LogP contribution in [0.4, 0.5) is 29.3 Å². The topological polar surface area (TPSA) is 52.7 Å². The minimum absolute atomic E-state index is 0.111. The molecule has 5 nitrogen and oxygen atoms in total. The summed E-state index contributed by atoms with van der Waals surface area (Å²) >= 11 is 6.24. The molecule has 9 heteroatoms. The smallest absolute Gasteiger partial charge is 0.322 e. The molecule has 0 spiro atoms. The monoisotopic (exact) mass is 487 g/mol. The van der Waals surface area contributed by atoms with Gasteiger partial charge in [-0.15, -0.1) is 0 Å². The van der Waals surface area contributed by atoms with Crippen LogP contribution >= 0.6 is 11.6 Å². The summed E-state index contributed by atoms with van der Waals surface area (Å²) in [6, 6.07) is 18.0. The van der Waals surface area contributed by atoms with E-state index in [0.717, 1.165) is 24.1 Å². The maximum atomic E-state index is 13.1. The molecule has 1 aliphatic heterocycles. The number of nitrogens with zero attached hydrogens (tertiary/aromatic N) is 2. The molecular weight excluding hydrogens is 467 g/mol. The summed E-state index contributed by atoms with van der Waals surface area (Å²) in [4.78, 5) is 29.0. The minimum Gasteiger partial charge on any atom is -0.322 e. The summed E-state index contributed by atoms with van der Waals surface area (Å²) in [6.07, 6.45) is -3.79. The van der Waals surface area contributed by atoms with E-state index in [4.69, 9.17) is 11.6 Å². The zero-order valence-corrected chi connectivity index (χ0v) is 18.7. The molecule has 0 aromatic heterocycles. The van der Waals surface area contributed by atoms with Crippen molar-refractivity contribution in [2.45, 2.75) is 19.1 Å². The lowest BCUT2D eigenvalue weighted by atomic mass is 10.1. The molecule has 0 radical (unpaired) electrons. The van der Waals surface area contributed by atoms with Crippen molar-refractivity contribution >= 4 is 34.9 Å². The predicted molar refractivity (Wildman–Crippen MR) is 125 cm³/mol. The first-order valence-corrected chi connectivity index (χ1v) is 11.0. The molecule has 1 aliphatic rings. The Hall–Kier alpha value is -3.52. The summed E-state index contributed by atoms with van der Waals surface area (Å²) in [5.41, 5.74) is 0.791. The molecule has 4 rings (SSSR count). The van der Waals surface area contributed by atoms with Gasteiger partial charge in [-0.2, -0.15) is 13.2 Å². The number of carbonyl (C=O) groups excluding carboxylic acids is 2. The lowest BCUT2D eigenvalue weighted by molar-refractivity contribution is -0.137. The Labute approximate surface area is 199 Å². The van der Waals surface area contributed by atoms with Gasteiger partial charge in [0.05, 0.1) is 5.56 Å². The van der Waals surface area contributed by atoms with Crippen LogP contribution in [0.2, 0.25) is 5.02 Å². The van der Waals surface area contributed by atoms with Crippen LogP contribution in [0.25, 0.3) is 0 Å². The van der Waals surface area contributed by atoms with E-state index >= 15 is 0 Å². The van der Waals surface area contributed by atoms with Gasteiger partial charge in [-0.3, -0.25) is 9.69 Å². The summed E-state index contributed by atoms with van der Waals surface area (Å²) < 4.78 is 38.9. The van der Waals surface area contributed by atoms with Crippen molar-refractivity contribution in [1.29, 1.82) is 0 Å². The number of anilines is 2. The fourth-order valence-corrected chi connectivity index (χ4v) is 3.99. The molecular formula is C25H21ClF3N3O2. The predicted octanol–water partition coefficient (Wildman–Crippen LogP) is 6.44. The molecule has 0 atom stereocenters. The normalized spacial score (nSPS) is 14.3. The zero-order chi connectivity index (χ0) is 24.3. The molecule has 0 unspecified atom stereocenters. The highest BCUT2D eigenvalue weighted by Gasteiger charge is 2.31. The number of hydrogen-bond acceptors (Lipinski definition) is 2. The summed E-state index contributed by atoms with van der Waals surface area (Å²) in [6.45, 7) is 1.47. The van der Waals surface area contributed by atoms with Gasteiger partial charge in [0.1, 0.15) is 0 Å². The van der Waals surface area contributed by atoms with E-state index in [1.807, 2.05) is 18.2 Å². The minimum atomic E-state index is -4.54. The Morgan fingerprint density at radius 3 is 2.50 bits per heavy atom. The Morgan fingerprint density at radius 1 is 0.971 bits per heavy atom. The third-order valence-corrected chi connectivity index (χ3v) is 5.87. The number of amides is 3. The number of nitrogens with one attached hydrogen (secondary N) is 1. The lowest BCUT2D eigenvalue weighted by Crippen LogP contribution is -2.49. The van der Waals surface area contributed by atoms with Crippen molar-refractivity contribution in [3.63, 3.8) is 0 Å². The first kappa shape index (κ1) is 23.6. The standard InChI is InChI=1S/C25H21ClF3N3O2/c26-22-11-2-1-6-18(22)16-31-12-5-13-32(24(31)34)21-10-4-9-20(15-21)30-23(33)17-7-3-8-19(14-17)25(27,28)29/h1-4,6-11,14-15H,5,12-13,16H2,(H,30,33). The van der Waals surface area contributed by atoms with Crippen LogP contribution in [0.5, 0.6) is 0 Å². The number of carbonyl (C=O) groups is 2. The third kappa shape index (κ3) is 5.34. The maximum Gasteiger partial charge on any atom is 0.416 e. The third-order valence-electron chi connectivity index (χ3n) is 5.50. The molecule has 0 aliphatic carbocycles. The Morgan fingerprint density at radius 2 is 1.74 bits per heavy atom. The van der Waals surface area contributed by atoms with Crippen LogP contribution < -0.4 is 10.2 Å². The highest BCUT2D eigenvalue weighted by Crippen LogP contribution is 2.30. The van der Waals surface area contributed by atoms with Gasteiger partial charge >= 0.3 is 12.2 Å². The van der Waals surface area contributed by atoms with Crippen LogP contribution in [-0.4, -0.2) is 29.9 Å². The van der Waals surface area contributed by atoms with Crippen LogP contribution in [-0.2, 0) is 12.7 Å². The molecule has 3 amide bonds. The molecule has 0 bridgehead atoms. The molecule has 1 heterocycles. The number of alkyl halides is 3. The van der Waals surface area contributed by atoms with Crippen molar-refractivity contribution in [2.75, 3.05) is 23.3 Å². The van der Waals surface area contributed by atoms with E-state index in [1.54, 1.807) is 40.1 Å². The molecule has 1 fully saturated rings. The van der Waals surface area contributed by atoms with Gasteiger partial charge < -0.3 is 10.2 Å². The Kier molecular flexibility index (Phi) is 6.79. The Balaban J connectivity index is 1.49. The molecule has 176 valence electrons. The number of hydrogen-bond donors (Lipinski definition) is 1. The lowest BCUT2D eigenvalue weighted by Gasteiger charge is -2.36. The zero-order valence-electron chi connectivity index (χ0n) is 18.0. The second-order valence-corrected chi connectivity index (χ2v) is 8.29. The summed E-state index contributed by atoms with van der Waals surface area (Å²) in [5, 5.41) is 3.20. The fraction of sp³-hybridized carbons (Fsp3) is 0.200. The van der Waals surface area contributed by atoms with Gasteiger partial charge in [-0.1, -0.05) is 41.9 Å². The summed E-state index contributed by atoms with van der Waals surface area (Å²) in [7, 11) is 0. The highest BCUT2D eigenvalue weighted by molar-refractivity contribution is 6.31. The number of urea groups is 1. The molecule has 34 heavy (non-hydrogen) atoms. The maximum absolute atomic E-state index is 13.1. The van der Waals surface area contributed by atoms with Crippen LogP contribution in [0.15, 0.2) is 72.8 Å². The largest absolute Gasteiger partial charge is 0.416 e. The van der Waals surface area contributed by atoms with Crippen molar-refractivity contribution < 1.29 is 22.8 Å². The van der Waals surface area contributed by atoms with Gasteiger partial charge in [-0.25, -0.2) is 4.79 Å². The first-order valence-electron chi connectivity index (χ1n) is 10.6. The van der Waals surface area contributed by atoms with Crippen LogP contribution in [0, 0.1) is 0 Å². The number of halogens is 4. The van der Waals surface area contributed by atoms with Crippen molar-refractivity contribution in [2.24, 2.45) is 0 Å². The fourth-order valence-electron chi connectivity index (χ4n) is 3.79. The molecule has 3 aromatic carbocycles. The molecule has 0 saturated carbocycles. The SMILES string of the molecule is O=C(Nc1cccc(N2CCCN(Cc3ccccc3Cl)C2=O)c1)c1cccc(C(F)(F)F)c1. The van der Waals surface area contributed by atoms with E-state index in [2.05, 4.69) is 5.32 Å². The van der Waals surface area contributed by atoms with Crippen LogP contribution in [0.1, 0.15) is 27.9 Å². The molecule has 3 aromatic rings. The van der Waals surface area contributed by atoms with Gasteiger partial charge in [-0.05, 0) is 54.4 Å². The van der Waals surface area contributed by atoms with Crippen molar-refractivity contribution in [1.82, 2.24) is 4.90 Å². The molecule has 1 N–H and O–H groups in total. The number of benzene rings is 3. The van der Waals surface area contributed by atoms with E-state index < -0.39 is 17.6 Å². The van der Waals surface area contributed by atoms with Crippen LogP contribution in [0.3, 0.4) is 0 Å². The van der Waals surface area contributed by atoms with Gasteiger partial charge in [0.15, 0.2) is 0 Å². The highest BCUT2D eigenvalue weighted by atomic mass is 35.5. The van der Waals surface area contributed by atoms with Gasteiger partial charge in [0.25, 0.3) is 5.91 Å². The average Bonchev–Trinajstić information content (AvgIpc) is 2.81. The van der Waals surface area contributed by atoms with Gasteiger partial charge in [0.2, 0.25) is 0 Å². The Bertz CT molecular complexity index is 1220. The van der Waals surface area contributed by atoms with Crippen molar-refractivity contribution in [3.8, 4) is 0 Å². The number of rotatable bonds is 5. The van der Waals surface area contributed by atoms with Crippen molar-refractivity contribution in [3.05, 3.63) is 94.5 Å². The average molecular weight is 488 g/mol. The van der Waals surface area contributed by atoms with Gasteiger partial charge in [0, 0.05) is 41.6 Å². The molecule has 1 saturated heterocycles. The van der Waals surface area contributed by atoms with E-state index in [1.165, 1.54) is 12.1 Å². The summed E-state index contributed by atoms with van der Waals surface area (Å²) in [5.74, 6) is -0.673. The quantitative estimate of drug-likeness (QED) is 0.450. The first-order chi connectivity index (χ1) is 16.2. The van der Waals surface area contributed by atoms with E-state index in [0.29, 0.717) is 36.0 Å². The second kappa shape index (κ2) is 9.77. The van der Waals surface area contributed by atoms with E-state index in [9.17, 15) is 22.8 Å². The second-order valence-electron chi connectivity index (χ2n) is 7.88.